The van der Waals surface area contributed by atoms with Crippen LogP contribution in [-0.4, -0.2) is 5.78 Å². The van der Waals surface area contributed by atoms with Gasteiger partial charge in [-0.25, -0.2) is 0 Å². The summed E-state index contributed by atoms with van der Waals surface area (Å²) in [6.45, 7) is 0. The van der Waals surface area contributed by atoms with Crippen molar-refractivity contribution in [2.45, 2.75) is 77.0 Å². The molecule has 0 aromatic heterocycles. The van der Waals surface area contributed by atoms with Gasteiger partial charge in [-0.05, 0) is 74.0 Å². The van der Waals surface area contributed by atoms with Crippen molar-refractivity contribution >= 4 is 29.0 Å². The van der Waals surface area contributed by atoms with E-state index < -0.39 is 0 Å². The fourth-order valence-electron chi connectivity index (χ4n) is 5.58. The van der Waals surface area contributed by atoms with Crippen molar-refractivity contribution in [2.24, 2.45) is 35.5 Å². The number of rotatable bonds is 8. The Bertz CT molecular complexity index is 523. The second-order valence-corrected chi connectivity index (χ2v) is 10.0. The lowest BCUT2D eigenvalue weighted by Crippen LogP contribution is -2.34. The van der Waals surface area contributed by atoms with Crippen LogP contribution in [0.2, 0.25) is 0 Å². The number of hydrogen-bond acceptors (Lipinski definition) is 1. The van der Waals surface area contributed by atoms with E-state index in [4.69, 9.17) is 23.2 Å². The molecule has 144 valence electrons. The zero-order valence-corrected chi connectivity index (χ0v) is 17.3. The average molecular weight is 395 g/mol. The molecule has 4 aliphatic carbocycles. The lowest BCUT2D eigenvalue weighted by Gasteiger charge is -2.42. The number of halogens is 2. The molecule has 4 fully saturated rings. The van der Waals surface area contributed by atoms with Crippen molar-refractivity contribution in [1.29, 1.82) is 0 Å². The summed E-state index contributed by atoms with van der Waals surface area (Å²) in [6.07, 6.45) is 15.8. The molecule has 0 aromatic carbocycles. The maximum Gasteiger partial charge on any atom is 0.187 e. The normalized spacial score (nSPS) is 35.9. The van der Waals surface area contributed by atoms with Gasteiger partial charge in [0, 0.05) is 22.2 Å². The van der Waals surface area contributed by atoms with Crippen LogP contribution in [0.4, 0.5) is 0 Å². The molecular weight excluding hydrogens is 363 g/mol. The first-order valence-electron chi connectivity index (χ1n) is 10.8. The Hall–Kier alpha value is -0.270. The number of ketones is 1. The average Bonchev–Trinajstić information content (AvgIpc) is 2.47. The summed E-state index contributed by atoms with van der Waals surface area (Å²) in [4.78, 5) is 13.1. The van der Waals surface area contributed by atoms with Crippen LogP contribution >= 0.6 is 23.2 Å². The standard InChI is InChI=1S/C23H32Cl2O/c24-13-21(19-9-17(10-19)7-15-3-1-4-15)23(26)22(14-25)20-11-18(12-20)8-16-5-2-6-16/h13-20H,1-12H2. The van der Waals surface area contributed by atoms with Gasteiger partial charge in [0.25, 0.3) is 0 Å². The monoisotopic (exact) mass is 394 g/mol. The van der Waals surface area contributed by atoms with Gasteiger partial charge in [0.2, 0.25) is 0 Å². The highest BCUT2D eigenvalue weighted by atomic mass is 35.5. The van der Waals surface area contributed by atoms with E-state index in [0.29, 0.717) is 11.8 Å². The molecule has 0 heterocycles. The van der Waals surface area contributed by atoms with E-state index in [2.05, 4.69) is 0 Å². The van der Waals surface area contributed by atoms with Gasteiger partial charge < -0.3 is 0 Å². The molecule has 1 nitrogen and oxygen atoms in total. The van der Waals surface area contributed by atoms with Gasteiger partial charge >= 0.3 is 0 Å². The minimum Gasteiger partial charge on any atom is -0.289 e. The molecular formula is C23H32Cl2O. The Morgan fingerprint density at radius 3 is 1.35 bits per heavy atom. The predicted molar refractivity (Wildman–Crippen MR) is 109 cm³/mol. The molecule has 0 aliphatic heterocycles. The first-order valence-corrected chi connectivity index (χ1v) is 11.7. The highest BCUT2D eigenvalue weighted by molar-refractivity contribution is 6.31. The molecule has 4 saturated carbocycles. The molecule has 0 radical (unpaired) electrons. The van der Waals surface area contributed by atoms with Crippen LogP contribution in [0.15, 0.2) is 22.2 Å². The van der Waals surface area contributed by atoms with Crippen molar-refractivity contribution in [3.8, 4) is 0 Å². The summed E-state index contributed by atoms with van der Waals surface area (Å²) in [5, 5.41) is 0. The molecule has 0 saturated heterocycles. The zero-order chi connectivity index (χ0) is 18.1. The third kappa shape index (κ3) is 3.95. The molecule has 0 atom stereocenters. The molecule has 3 heteroatoms. The van der Waals surface area contributed by atoms with Gasteiger partial charge in [-0.15, -0.1) is 0 Å². The molecule has 0 N–H and O–H groups in total. The van der Waals surface area contributed by atoms with Gasteiger partial charge in [-0.3, -0.25) is 4.79 Å². The molecule has 4 rings (SSSR count). The summed E-state index contributed by atoms with van der Waals surface area (Å²) in [5.41, 5.74) is 4.76. The first-order chi connectivity index (χ1) is 12.7. The fraction of sp³-hybridized carbons (Fsp3) is 0.783. The molecule has 0 aromatic rings. The minimum atomic E-state index is 0.134. The quantitative estimate of drug-likeness (QED) is 0.396. The van der Waals surface area contributed by atoms with Crippen molar-refractivity contribution in [3.63, 3.8) is 0 Å². The molecule has 0 bridgehead atoms. The molecule has 4 aliphatic rings. The second kappa shape index (κ2) is 8.39. The summed E-state index contributed by atoms with van der Waals surface area (Å²) in [5.74, 6) is 4.40. The smallest absolute Gasteiger partial charge is 0.187 e. The van der Waals surface area contributed by atoms with E-state index in [9.17, 15) is 4.79 Å². The largest absolute Gasteiger partial charge is 0.289 e. The Morgan fingerprint density at radius 2 is 1.08 bits per heavy atom. The van der Waals surface area contributed by atoms with Crippen molar-refractivity contribution in [1.82, 2.24) is 0 Å². The van der Waals surface area contributed by atoms with Crippen molar-refractivity contribution < 1.29 is 4.79 Å². The van der Waals surface area contributed by atoms with Gasteiger partial charge in [-0.1, -0.05) is 61.7 Å². The van der Waals surface area contributed by atoms with E-state index in [1.807, 2.05) is 0 Å². The Labute approximate surface area is 168 Å². The second-order valence-electron chi connectivity index (χ2n) is 9.59. The van der Waals surface area contributed by atoms with Gasteiger partial charge in [-0.2, -0.15) is 0 Å². The van der Waals surface area contributed by atoms with Crippen LogP contribution in [0, 0.1) is 35.5 Å². The lowest BCUT2D eigenvalue weighted by molar-refractivity contribution is -0.114. The molecule has 0 spiro atoms. The maximum atomic E-state index is 13.1. The number of carbonyl (C=O) groups is 1. The van der Waals surface area contributed by atoms with E-state index >= 15 is 0 Å². The van der Waals surface area contributed by atoms with E-state index in [-0.39, 0.29) is 5.78 Å². The number of carbonyl (C=O) groups excluding carboxylic acids is 1. The maximum absolute atomic E-state index is 13.1. The Morgan fingerprint density at radius 1 is 0.692 bits per heavy atom. The highest BCUT2D eigenvalue weighted by Gasteiger charge is 2.41. The zero-order valence-electron chi connectivity index (χ0n) is 15.8. The topological polar surface area (TPSA) is 17.1 Å². The van der Waals surface area contributed by atoms with Gasteiger partial charge in [0.05, 0.1) is 0 Å². The number of allylic oxidation sites excluding steroid dienone is 2. The third-order valence-corrected chi connectivity index (χ3v) is 8.36. The van der Waals surface area contributed by atoms with Gasteiger partial charge in [0.1, 0.15) is 0 Å². The van der Waals surface area contributed by atoms with Gasteiger partial charge in [0.15, 0.2) is 5.78 Å². The Balaban J connectivity index is 1.26. The highest BCUT2D eigenvalue weighted by Crippen LogP contribution is 2.49. The molecule has 0 amide bonds. The van der Waals surface area contributed by atoms with E-state index in [1.54, 1.807) is 11.1 Å². The van der Waals surface area contributed by atoms with Crippen LogP contribution in [0.1, 0.15) is 77.0 Å². The summed E-state index contributed by atoms with van der Waals surface area (Å²) in [6, 6.07) is 0. The van der Waals surface area contributed by atoms with Crippen LogP contribution in [0.3, 0.4) is 0 Å². The van der Waals surface area contributed by atoms with Crippen LogP contribution in [0.25, 0.3) is 0 Å². The summed E-state index contributed by atoms with van der Waals surface area (Å²) in [7, 11) is 0. The predicted octanol–water partition coefficient (Wildman–Crippen LogP) is 7.23. The van der Waals surface area contributed by atoms with Crippen molar-refractivity contribution in [2.75, 3.05) is 0 Å². The SMILES string of the molecule is O=C(C(=CCl)C1CC(CC2CCC2)C1)C(=CCl)C1CC(CC2CCC2)C1. The fourth-order valence-corrected chi connectivity index (χ4v) is 6.13. The number of Topliss-reactive ketones (excluding diaryl/α,β-unsaturated/α-hetero) is 1. The summed E-state index contributed by atoms with van der Waals surface area (Å²) >= 11 is 12.2. The Kier molecular flexibility index (Phi) is 6.16. The summed E-state index contributed by atoms with van der Waals surface area (Å²) < 4.78 is 0. The first kappa shape index (κ1) is 19.1. The van der Waals surface area contributed by atoms with Crippen molar-refractivity contribution in [3.05, 3.63) is 22.2 Å². The molecule has 26 heavy (non-hydrogen) atoms. The van der Waals surface area contributed by atoms with Crippen LogP contribution in [-0.2, 0) is 4.79 Å². The molecule has 0 unspecified atom stereocenters. The third-order valence-electron chi connectivity index (χ3n) is 7.89. The van der Waals surface area contributed by atoms with E-state index in [0.717, 1.165) is 60.5 Å². The number of hydrogen-bond donors (Lipinski definition) is 0. The lowest BCUT2D eigenvalue weighted by atomic mass is 9.62. The van der Waals surface area contributed by atoms with Crippen LogP contribution in [0.5, 0.6) is 0 Å². The minimum absolute atomic E-state index is 0.134. The van der Waals surface area contributed by atoms with E-state index in [1.165, 1.54) is 51.4 Å². The van der Waals surface area contributed by atoms with Crippen LogP contribution < -0.4 is 0 Å².